The molecule has 0 radical (unpaired) electrons. The molecular formula is C15H24ClN3OS. The SMILES string of the molecule is CCNC(=NCC(C)Oc1ccccc1Cl)NCCSC. The fraction of sp³-hybridized carbons (Fsp3) is 0.533. The Labute approximate surface area is 136 Å². The quantitative estimate of drug-likeness (QED) is 0.437. The van der Waals surface area contributed by atoms with Gasteiger partial charge in [-0.3, -0.25) is 0 Å². The van der Waals surface area contributed by atoms with Gasteiger partial charge in [-0.15, -0.1) is 0 Å². The molecule has 0 heterocycles. The van der Waals surface area contributed by atoms with Crippen LogP contribution in [0.15, 0.2) is 29.3 Å². The van der Waals surface area contributed by atoms with Gasteiger partial charge in [0, 0.05) is 18.8 Å². The van der Waals surface area contributed by atoms with Gasteiger partial charge in [0.05, 0.1) is 11.6 Å². The first-order valence-corrected chi connectivity index (χ1v) is 8.86. The number of guanidine groups is 1. The maximum atomic E-state index is 6.08. The number of nitrogens with zero attached hydrogens (tertiary/aromatic N) is 1. The second-order valence-electron chi connectivity index (χ2n) is 4.50. The van der Waals surface area contributed by atoms with Crippen LogP contribution in [0.4, 0.5) is 0 Å². The predicted octanol–water partition coefficient (Wildman–Crippen LogP) is 3.03. The van der Waals surface area contributed by atoms with Gasteiger partial charge in [-0.1, -0.05) is 23.7 Å². The predicted molar refractivity (Wildman–Crippen MR) is 93.9 cm³/mol. The van der Waals surface area contributed by atoms with Gasteiger partial charge in [0.2, 0.25) is 0 Å². The summed E-state index contributed by atoms with van der Waals surface area (Å²) < 4.78 is 5.80. The van der Waals surface area contributed by atoms with E-state index in [1.165, 1.54) is 0 Å². The van der Waals surface area contributed by atoms with Crippen LogP contribution in [-0.2, 0) is 0 Å². The molecule has 0 spiro atoms. The number of thioether (sulfide) groups is 1. The largest absolute Gasteiger partial charge is 0.487 e. The molecule has 1 atom stereocenters. The zero-order valence-electron chi connectivity index (χ0n) is 12.9. The Hall–Kier alpha value is -1.07. The molecule has 1 aromatic rings. The number of rotatable bonds is 8. The summed E-state index contributed by atoms with van der Waals surface area (Å²) in [4.78, 5) is 4.53. The first-order valence-electron chi connectivity index (χ1n) is 7.09. The van der Waals surface area contributed by atoms with Crippen molar-refractivity contribution in [3.05, 3.63) is 29.3 Å². The summed E-state index contributed by atoms with van der Waals surface area (Å²) in [5.74, 6) is 2.57. The summed E-state index contributed by atoms with van der Waals surface area (Å²) in [6, 6.07) is 7.48. The van der Waals surface area contributed by atoms with Crippen LogP contribution in [0.1, 0.15) is 13.8 Å². The van der Waals surface area contributed by atoms with Gasteiger partial charge in [-0.2, -0.15) is 11.8 Å². The maximum absolute atomic E-state index is 6.08. The Balaban J connectivity index is 2.48. The van der Waals surface area contributed by atoms with Crippen molar-refractivity contribution >= 4 is 29.3 Å². The van der Waals surface area contributed by atoms with Crippen molar-refractivity contribution in [2.45, 2.75) is 20.0 Å². The van der Waals surface area contributed by atoms with E-state index in [1.54, 1.807) is 11.8 Å². The van der Waals surface area contributed by atoms with Crippen LogP contribution < -0.4 is 15.4 Å². The lowest BCUT2D eigenvalue weighted by molar-refractivity contribution is 0.230. The number of nitrogens with one attached hydrogen (secondary N) is 2. The molecule has 6 heteroatoms. The summed E-state index contributed by atoms with van der Waals surface area (Å²) in [7, 11) is 0. The molecular weight excluding hydrogens is 306 g/mol. The minimum absolute atomic E-state index is 0.0408. The highest BCUT2D eigenvalue weighted by atomic mass is 35.5. The van der Waals surface area contributed by atoms with Crippen LogP contribution in [0.25, 0.3) is 0 Å². The number of aliphatic imine (C=N–C) groups is 1. The molecule has 118 valence electrons. The molecule has 0 aliphatic rings. The average Bonchev–Trinajstić information content (AvgIpc) is 2.47. The molecule has 0 saturated heterocycles. The van der Waals surface area contributed by atoms with Crippen LogP contribution in [0, 0.1) is 0 Å². The minimum atomic E-state index is -0.0408. The topological polar surface area (TPSA) is 45.7 Å². The molecule has 0 saturated carbocycles. The highest BCUT2D eigenvalue weighted by molar-refractivity contribution is 7.98. The lowest BCUT2D eigenvalue weighted by Crippen LogP contribution is -2.39. The van der Waals surface area contributed by atoms with Gasteiger partial charge < -0.3 is 15.4 Å². The van der Waals surface area contributed by atoms with E-state index in [4.69, 9.17) is 16.3 Å². The minimum Gasteiger partial charge on any atom is -0.487 e. The summed E-state index contributed by atoms with van der Waals surface area (Å²) >= 11 is 7.88. The smallest absolute Gasteiger partial charge is 0.191 e. The molecule has 1 unspecified atom stereocenters. The van der Waals surface area contributed by atoms with Crippen molar-refractivity contribution in [3.63, 3.8) is 0 Å². The van der Waals surface area contributed by atoms with Crippen LogP contribution in [0.2, 0.25) is 5.02 Å². The van der Waals surface area contributed by atoms with Crippen molar-refractivity contribution in [2.75, 3.05) is 31.6 Å². The number of hydrogen-bond donors (Lipinski definition) is 2. The van der Waals surface area contributed by atoms with Crippen LogP contribution in [-0.4, -0.2) is 43.7 Å². The maximum Gasteiger partial charge on any atom is 0.191 e. The number of ether oxygens (including phenoxy) is 1. The van der Waals surface area contributed by atoms with Crippen molar-refractivity contribution in [3.8, 4) is 5.75 Å². The van der Waals surface area contributed by atoms with E-state index in [0.29, 0.717) is 17.3 Å². The second-order valence-corrected chi connectivity index (χ2v) is 5.89. The Morgan fingerprint density at radius 2 is 2.14 bits per heavy atom. The van der Waals surface area contributed by atoms with E-state index in [0.717, 1.165) is 24.8 Å². The first-order chi connectivity index (χ1) is 10.2. The number of hydrogen-bond acceptors (Lipinski definition) is 3. The zero-order valence-corrected chi connectivity index (χ0v) is 14.4. The Bertz CT molecular complexity index is 443. The molecule has 1 rings (SSSR count). The summed E-state index contributed by atoms with van der Waals surface area (Å²) in [5.41, 5.74) is 0. The van der Waals surface area contributed by atoms with Crippen LogP contribution in [0.5, 0.6) is 5.75 Å². The van der Waals surface area contributed by atoms with Crippen LogP contribution in [0.3, 0.4) is 0 Å². The third kappa shape index (κ3) is 7.48. The lowest BCUT2D eigenvalue weighted by Gasteiger charge is -2.15. The summed E-state index contributed by atoms with van der Waals surface area (Å²) in [6.07, 6.45) is 2.05. The van der Waals surface area contributed by atoms with E-state index < -0.39 is 0 Å². The van der Waals surface area contributed by atoms with Crippen molar-refractivity contribution < 1.29 is 4.74 Å². The fourth-order valence-corrected chi connectivity index (χ4v) is 2.11. The van der Waals surface area contributed by atoms with Gasteiger partial charge in [-0.25, -0.2) is 4.99 Å². The van der Waals surface area contributed by atoms with Gasteiger partial charge >= 0.3 is 0 Å². The van der Waals surface area contributed by atoms with Crippen molar-refractivity contribution in [1.82, 2.24) is 10.6 Å². The van der Waals surface area contributed by atoms with Gasteiger partial charge in [-0.05, 0) is 32.2 Å². The number of halogens is 1. The van der Waals surface area contributed by atoms with E-state index >= 15 is 0 Å². The highest BCUT2D eigenvalue weighted by Gasteiger charge is 2.07. The average molecular weight is 330 g/mol. The third-order valence-corrected chi connectivity index (χ3v) is 3.54. The molecule has 1 aromatic carbocycles. The van der Waals surface area contributed by atoms with Gasteiger partial charge in [0.25, 0.3) is 0 Å². The molecule has 2 N–H and O–H groups in total. The molecule has 0 fully saturated rings. The third-order valence-electron chi connectivity index (χ3n) is 2.61. The van der Waals surface area contributed by atoms with Gasteiger partial charge in [0.15, 0.2) is 5.96 Å². The van der Waals surface area contributed by atoms with E-state index in [-0.39, 0.29) is 6.10 Å². The van der Waals surface area contributed by atoms with Crippen molar-refractivity contribution in [1.29, 1.82) is 0 Å². The standard InChI is InChI=1S/C15H24ClN3OS/c1-4-17-15(18-9-10-21-3)19-11-12(2)20-14-8-6-5-7-13(14)16/h5-8,12H,4,9-11H2,1-3H3,(H2,17,18,19). The fourth-order valence-electron chi connectivity index (χ4n) is 1.63. The number of benzene rings is 1. The Morgan fingerprint density at radius 1 is 1.38 bits per heavy atom. The molecule has 21 heavy (non-hydrogen) atoms. The molecule has 0 amide bonds. The van der Waals surface area contributed by atoms with E-state index in [9.17, 15) is 0 Å². The normalized spacial score (nSPS) is 12.9. The zero-order chi connectivity index (χ0) is 15.5. The summed E-state index contributed by atoms with van der Waals surface area (Å²) in [6.45, 7) is 6.34. The second kappa shape index (κ2) is 10.6. The van der Waals surface area contributed by atoms with Crippen LogP contribution >= 0.6 is 23.4 Å². The van der Waals surface area contributed by atoms with E-state index in [1.807, 2.05) is 31.2 Å². The highest BCUT2D eigenvalue weighted by Crippen LogP contribution is 2.24. The van der Waals surface area contributed by atoms with Gasteiger partial charge in [0.1, 0.15) is 11.9 Å². The van der Waals surface area contributed by atoms with E-state index in [2.05, 4.69) is 28.8 Å². The van der Waals surface area contributed by atoms with Crippen molar-refractivity contribution in [2.24, 2.45) is 4.99 Å². The Kier molecular flexibility index (Phi) is 9.10. The molecule has 0 aromatic heterocycles. The number of para-hydroxylation sites is 1. The molecule has 0 aliphatic heterocycles. The monoisotopic (exact) mass is 329 g/mol. The first kappa shape index (κ1) is 18.0. The molecule has 4 nitrogen and oxygen atoms in total. The Morgan fingerprint density at radius 3 is 2.81 bits per heavy atom. The molecule has 0 bridgehead atoms. The summed E-state index contributed by atoms with van der Waals surface area (Å²) in [5, 5.41) is 7.13. The lowest BCUT2D eigenvalue weighted by atomic mass is 10.3. The molecule has 0 aliphatic carbocycles.